The molecule has 4 aromatic rings. The molecule has 2 heterocycles. The number of aliphatic hydroxyl groups is 2. The zero-order valence-electron chi connectivity index (χ0n) is 43.6. The number of rotatable bonds is 21. The van der Waals surface area contributed by atoms with E-state index in [1.807, 2.05) is 12.1 Å². The van der Waals surface area contributed by atoms with Crippen LogP contribution in [0.25, 0.3) is 10.9 Å². The van der Waals surface area contributed by atoms with Gasteiger partial charge in [0.2, 0.25) is 41.4 Å². The van der Waals surface area contributed by atoms with Crippen molar-refractivity contribution < 1.29 is 63.6 Å². The molecule has 1 aromatic heterocycles. The first-order chi connectivity index (χ1) is 37.8. The maximum atomic E-state index is 14.9. The van der Waals surface area contributed by atoms with Gasteiger partial charge in [0, 0.05) is 47.9 Å². The van der Waals surface area contributed by atoms with Crippen LogP contribution in [-0.4, -0.2) is 158 Å². The van der Waals surface area contributed by atoms with E-state index in [1.165, 1.54) is 38.1 Å². The predicted molar refractivity (Wildman–Crippen MR) is 296 cm³/mol. The molecule has 1 saturated heterocycles. The lowest BCUT2D eigenvalue weighted by Gasteiger charge is -2.30. The van der Waals surface area contributed by atoms with E-state index in [1.54, 1.807) is 48.7 Å². The first kappa shape index (κ1) is 62.4. The van der Waals surface area contributed by atoms with Crippen molar-refractivity contribution in [3.05, 3.63) is 120 Å². The van der Waals surface area contributed by atoms with E-state index in [4.69, 9.17) is 11.6 Å². The summed E-state index contributed by atoms with van der Waals surface area (Å²) in [5, 5.41) is 63.7. The Morgan fingerprint density at radius 2 is 1.41 bits per heavy atom. The normalized spacial score (nSPS) is 21.5. The average Bonchev–Trinajstić information content (AvgIpc) is 3.82. The molecule has 2 unspecified atom stereocenters. The van der Waals surface area contributed by atoms with E-state index in [0.717, 1.165) is 27.1 Å². The number of hydrogen-bond donors (Lipinski definition) is 15. The second kappa shape index (κ2) is 31.2. The van der Waals surface area contributed by atoms with Gasteiger partial charge in [-0.15, -0.1) is 5.73 Å². The number of aromatic hydroxyl groups is 1. The zero-order valence-corrected chi connectivity index (χ0v) is 45.2. The Bertz CT molecular complexity index is 2780. The fraction of sp³-hybridized carbons (Fsp3) is 0.415. The molecule has 426 valence electrons. The highest BCUT2D eigenvalue weighted by Crippen LogP contribution is 2.26. The van der Waals surface area contributed by atoms with Crippen molar-refractivity contribution in [2.45, 2.75) is 113 Å². The molecule has 7 amide bonds. The van der Waals surface area contributed by atoms with E-state index >= 15 is 0 Å². The van der Waals surface area contributed by atoms with Gasteiger partial charge in [-0.25, -0.2) is 10.7 Å². The number of aromatic nitrogens is 1. The standard InChI is InChI=1S/C53H69N11O13S2/c1-4-36(58-46(30(3)66)53(75)76)42-27-78-79-28-43(63-48(70)39(57-44(68)26-77-55)22-31-12-6-5-7-13-31)51(73)60-40(23-32-17-19-34(67)20-18-32)49(71)61-41(24-33-25-56-37-15-9-8-14-35(33)37)50(72)59-38(16-10-11-21-54)47(69)64-45(29(2)65)52(74)62-42/h5-9,12-15,17-20,25,29-30,38-43,45-46,56,58,65-67H,1,10-11,16,21-24,26-28,54-55H2,2-3H3,(H,57,68)(H,59,72)(H,60,73)(H,61,71)(H,62,74)(H,63,70)(H,64,69)(H,75,76)/t29?,30?,38-,39+,40-,41+,42-,43-,45-,46-/m0/s1. The van der Waals surface area contributed by atoms with Crippen molar-refractivity contribution in [2.75, 3.05) is 24.7 Å². The van der Waals surface area contributed by atoms with Crippen LogP contribution in [0.15, 0.2) is 103 Å². The number of aliphatic hydroxyl groups excluding tert-OH is 2. The summed E-state index contributed by atoms with van der Waals surface area (Å²) >= 11 is 0. The van der Waals surface area contributed by atoms with Crippen LogP contribution in [0, 0.1) is 0 Å². The molecule has 0 spiro atoms. The lowest BCUT2D eigenvalue weighted by atomic mass is 10.0. The number of benzene rings is 3. The number of carbonyl (C=O) groups is 8. The summed E-state index contributed by atoms with van der Waals surface area (Å²) in [6.45, 7) is 5.74. The summed E-state index contributed by atoms with van der Waals surface area (Å²) in [7, 11) is 2.00. The number of fused-ring (bicyclic) bond motifs is 1. The van der Waals surface area contributed by atoms with Gasteiger partial charge in [-0.05, 0) is 74.5 Å². The fourth-order valence-corrected chi connectivity index (χ4v) is 10.7. The summed E-state index contributed by atoms with van der Waals surface area (Å²) in [4.78, 5) is 120. The number of nitrogens with one attached hydrogen (secondary N) is 9. The topological polar surface area (TPSA) is 391 Å². The van der Waals surface area contributed by atoms with Gasteiger partial charge < -0.3 is 73.7 Å². The lowest BCUT2D eigenvalue weighted by molar-refractivity contribution is -0.142. The fourth-order valence-electron chi connectivity index (χ4n) is 8.39. The molecule has 0 radical (unpaired) electrons. The summed E-state index contributed by atoms with van der Waals surface area (Å²) in [5.41, 5.74) is 10.7. The second-order valence-electron chi connectivity index (χ2n) is 18.7. The first-order valence-corrected chi connectivity index (χ1v) is 27.8. The summed E-state index contributed by atoms with van der Waals surface area (Å²) in [6.07, 6.45) is -1.09. The highest BCUT2D eigenvalue weighted by atomic mass is 33.1. The Labute approximate surface area is 463 Å². The van der Waals surface area contributed by atoms with Gasteiger partial charge in [0.15, 0.2) is 6.04 Å². The smallest absolute Gasteiger partial charge is 0.328 e. The lowest BCUT2D eigenvalue weighted by Crippen LogP contribution is -2.62. The van der Waals surface area contributed by atoms with E-state index in [-0.39, 0.29) is 55.2 Å². The van der Waals surface area contributed by atoms with Crippen molar-refractivity contribution in [1.82, 2.24) is 47.5 Å². The predicted octanol–water partition coefficient (Wildman–Crippen LogP) is -0.817. The summed E-state index contributed by atoms with van der Waals surface area (Å²) in [6, 6.07) is 9.96. The molecule has 0 bridgehead atoms. The maximum Gasteiger partial charge on any atom is 0.328 e. The van der Waals surface area contributed by atoms with Crippen molar-refractivity contribution in [1.29, 1.82) is 0 Å². The monoisotopic (exact) mass is 1130 g/mol. The number of phenols is 1. The largest absolute Gasteiger partial charge is 0.508 e. The third kappa shape index (κ3) is 19.2. The molecule has 79 heavy (non-hydrogen) atoms. The number of carbonyl (C=O) groups excluding carboxylic acids is 7. The average molecular weight is 1130 g/mol. The maximum absolute atomic E-state index is 14.9. The zero-order chi connectivity index (χ0) is 57.6. The van der Waals surface area contributed by atoms with Crippen LogP contribution in [0.4, 0.5) is 0 Å². The highest BCUT2D eigenvalue weighted by Gasteiger charge is 2.37. The van der Waals surface area contributed by atoms with Gasteiger partial charge in [0.05, 0.1) is 23.9 Å². The molecule has 1 fully saturated rings. The number of aliphatic carboxylic acids is 1. The minimum atomic E-state index is -1.70. The van der Waals surface area contributed by atoms with Crippen LogP contribution in [-0.2, 0) is 62.5 Å². The number of carboxylic acid groups (broad SMARTS) is 1. The molecule has 0 saturated carbocycles. The molecule has 24 nitrogen and oxygen atoms in total. The number of aromatic amines is 1. The van der Waals surface area contributed by atoms with Gasteiger partial charge >= 0.3 is 5.97 Å². The van der Waals surface area contributed by atoms with E-state index < -0.39 is 114 Å². The number of H-pyrrole nitrogens is 1. The van der Waals surface area contributed by atoms with Gasteiger partial charge in [0.25, 0.3) is 0 Å². The molecule has 5 rings (SSSR count). The molecular weight excluding hydrogens is 1060 g/mol. The molecule has 17 N–H and O–H groups in total. The highest BCUT2D eigenvalue weighted by molar-refractivity contribution is 8.76. The Morgan fingerprint density at radius 3 is 2.05 bits per heavy atom. The van der Waals surface area contributed by atoms with Crippen LogP contribution in [0.2, 0.25) is 0 Å². The SMILES string of the molecule is C=C=C(N[C@H](C(=O)O)C(C)O)[C@@H]1CSSC[C@H](NC(=O)[C@@H](Cc2ccccc2)NC(=O)CON)C(=O)N[C@@H](Cc2ccc(O)cc2)C(=O)N[C@H](Cc2c[nH]c3ccccc23)C(=O)N[C@@H](CCCCN)C(=O)N[C@@H](C(C)O)C(=O)N1. The van der Waals surface area contributed by atoms with Crippen LogP contribution in [0.1, 0.15) is 49.8 Å². The second-order valence-corrected chi connectivity index (χ2v) is 21.3. The Kier molecular flexibility index (Phi) is 24.7. The first-order valence-electron chi connectivity index (χ1n) is 25.3. The van der Waals surface area contributed by atoms with E-state index in [9.17, 15) is 58.8 Å². The Hall–Kier alpha value is -7.42. The third-order valence-corrected chi connectivity index (χ3v) is 15.1. The number of amides is 7. The van der Waals surface area contributed by atoms with Gasteiger partial charge in [-0.2, -0.15) is 0 Å². The molecular formula is C53H69N11O13S2. The minimum absolute atomic E-state index is 0.0142. The number of hydrogen-bond acceptors (Lipinski definition) is 17. The van der Waals surface area contributed by atoms with Crippen LogP contribution < -0.4 is 54.2 Å². The molecule has 3 aromatic carbocycles. The van der Waals surface area contributed by atoms with Crippen molar-refractivity contribution in [2.24, 2.45) is 11.6 Å². The number of phenolic OH excluding ortho intramolecular Hbond substituents is 1. The van der Waals surface area contributed by atoms with Gasteiger partial charge in [-0.1, -0.05) is 88.8 Å². The van der Waals surface area contributed by atoms with Crippen LogP contribution in [0.5, 0.6) is 5.75 Å². The summed E-state index contributed by atoms with van der Waals surface area (Å²) < 4.78 is 0. The third-order valence-electron chi connectivity index (χ3n) is 12.6. The van der Waals surface area contributed by atoms with Crippen molar-refractivity contribution in [3.8, 4) is 5.75 Å². The van der Waals surface area contributed by atoms with E-state index in [0.29, 0.717) is 34.9 Å². The summed E-state index contributed by atoms with van der Waals surface area (Å²) in [5.74, 6) is -2.91. The quantitative estimate of drug-likeness (QED) is 0.0210. The van der Waals surface area contributed by atoms with Crippen LogP contribution in [0.3, 0.4) is 0 Å². The molecule has 0 aliphatic carbocycles. The molecule has 1 aliphatic rings. The Morgan fingerprint density at radius 1 is 0.772 bits per heavy atom. The van der Waals surface area contributed by atoms with Crippen LogP contribution >= 0.6 is 21.6 Å². The number of para-hydroxylation sites is 1. The molecule has 26 heteroatoms. The number of unbranched alkanes of at least 4 members (excludes halogenated alkanes) is 1. The number of nitrogens with two attached hydrogens (primary N) is 2. The van der Waals surface area contributed by atoms with E-state index in [2.05, 4.69) is 64.7 Å². The molecule has 10 atom stereocenters. The number of carboxylic acids is 1. The van der Waals surface area contributed by atoms with Gasteiger partial charge in [0.1, 0.15) is 48.6 Å². The molecule has 1 aliphatic heterocycles. The van der Waals surface area contributed by atoms with Crippen molar-refractivity contribution >= 4 is 79.8 Å². The minimum Gasteiger partial charge on any atom is -0.508 e. The van der Waals surface area contributed by atoms with Crippen molar-refractivity contribution in [3.63, 3.8) is 0 Å². The van der Waals surface area contributed by atoms with Gasteiger partial charge in [-0.3, -0.25) is 38.4 Å². The Balaban J connectivity index is 1.63.